The Kier molecular flexibility index (Phi) is 10.0. The molecule has 0 saturated carbocycles. The van der Waals surface area contributed by atoms with Crippen molar-refractivity contribution in [2.24, 2.45) is 12.0 Å². The summed E-state index contributed by atoms with van der Waals surface area (Å²) in [6, 6.07) is 4.26. The smallest absolute Gasteiger partial charge is 0.191 e. The fourth-order valence-corrected chi connectivity index (χ4v) is 3.19. The van der Waals surface area contributed by atoms with Gasteiger partial charge in [-0.05, 0) is 65.9 Å². The zero-order chi connectivity index (χ0) is 20.0. The number of hydrogen-bond acceptors (Lipinski definition) is 4. The number of nitrogens with one attached hydrogen (secondary N) is 2. The highest BCUT2D eigenvalue weighted by Crippen LogP contribution is 2.19. The largest absolute Gasteiger partial charge is 0.468 e. The number of nitrogens with zero attached hydrogens (tertiary/aromatic N) is 4. The highest BCUT2D eigenvalue weighted by molar-refractivity contribution is 14.0. The van der Waals surface area contributed by atoms with Gasteiger partial charge < -0.3 is 15.1 Å². The number of halogens is 1. The number of hydrogen-bond donors (Lipinski definition) is 2. The van der Waals surface area contributed by atoms with Gasteiger partial charge in [0, 0.05) is 25.3 Å². The van der Waals surface area contributed by atoms with Crippen molar-refractivity contribution in [2.75, 3.05) is 27.2 Å². The standard InChI is InChI=1S/C20H34N6O.HI/c1-8-21-20(22-13-18(25(5)6)19-10-9-11-27-19)23-14(2)12-17-15(3)24-26(7)16(17)4;/h9-11,14,18H,8,12-13H2,1-7H3,(H2,21,22,23);1H. The first-order valence-electron chi connectivity index (χ1n) is 9.57. The molecule has 0 amide bonds. The average Bonchev–Trinajstić information content (AvgIpc) is 3.20. The molecule has 0 spiro atoms. The molecule has 2 aromatic heterocycles. The second-order valence-electron chi connectivity index (χ2n) is 7.24. The van der Waals surface area contributed by atoms with E-state index in [1.807, 2.05) is 38.0 Å². The molecule has 2 heterocycles. The zero-order valence-corrected chi connectivity index (χ0v) is 20.4. The monoisotopic (exact) mass is 502 g/mol. The molecule has 28 heavy (non-hydrogen) atoms. The molecule has 7 nitrogen and oxygen atoms in total. The van der Waals surface area contributed by atoms with E-state index in [0.29, 0.717) is 6.54 Å². The fraction of sp³-hybridized carbons (Fsp3) is 0.600. The molecule has 0 radical (unpaired) electrons. The molecular weight excluding hydrogens is 467 g/mol. The molecule has 0 bridgehead atoms. The van der Waals surface area contributed by atoms with E-state index in [-0.39, 0.29) is 36.1 Å². The summed E-state index contributed by atoms with van der Waals surface area (Å²) >= 11 is 0. The fourth-order valence-electron chi connectivity index (χ4n) is 3.19. The molecular formula is C20H35IN6O. The molecule has 0 saturated heterocycles. The van der Waals surface area contributed by atoms with Crippen molar-refractivity contribution in [3.8, 4) is 0 Å². The average molecular weight is 502 g/mol. The van der Waals surface area contributed by atoms with Crippen LogP contribution in [0.2, 0.25) is 0 Å². The van der Waals surface area contributed by atoms with Gasteiger partial charge in [-0.15, -0.1) is 24.0 Å². The maximum Gasteiger partial charge on any atom is 0.191 e. The third-order valence-corrected chi connectivity index (χ3v) is 4.81. The summed E-state index contributed by atoms with van der Waals surface area (Å²) < 4.78 is 7.52. The third-order valence-electron chi connectivity index (χ3n) is 4.81. The summed E-state index contributed by atoms with van der Waals surface area (Å²) in [6.07, 6.45) is 2.62. The van der Waals surface area contributed by atoms with Crippen LogP contribution in [0.4, 0.5) is 0 Å². The minimum absolute atomic E-state index is 0. The lowest BCUT2D eigenvalue weighted by molar-refractivity contribution is 0.265. The summed E-state index contributed by atoms with van der Waals surface area (Å²) in [6.45, 7) is 9.87. The zero-order valence-electron chi connectivity index (χ0n) is 18.1. The van der Waals surface area contributed by atoms with E-state index in [1.165, 1.54) is 11.3 Å². The Hall–Kier alpha value is -1.55. The topological polar surface area (TPSA) is 70.6 Å². The Morgan fingerprint density at radius 2 is 2.07 bits per heavy atom. The second kappa shape index (κ2) is 11.5. The number of furan rings is 1. The molecule has 158 valence electrons. The van der Waals surface area contributed by atoms with E-state index in [2.05, 4.69) is 48.3 Å². The Morgan fingerprint density at radius 1 is 1.36 bits per heavy atom. The van der Waals surface area contributed by atoms with Gasteiger partial charge in [0.2, 0.25) is 0 Å². The molecule has 0 aliphatic rings. The van der Waals surface area contributed by atoms with Crippen LogP contribution >= 0.6 is 24.0 Å². The van der Waals surface area contributed by atoms with Gasteiger partial charge in [0.15, 0.2) is 5.96 Å². The van der Waals surface area contributed by atoms with Crippen LogP contribution in [0.5, 0.6) is 0 Å². The number of aryl methyl sites for hydroxylation is 2. The molecule has 2 unspecified atom stereocenters. The predicted octanol–water partition coefficient (Wildman–Crippen LogP) is 3.04. The van der Waals surface area contributed by atoms with Gasteiger partial charge in [0.1, 0.15) is 5.76 Å². The minimum atomic E-state index is 0. The van der Waals surface area contributed by atoms with E-state index in [9.17, 15) is 0 Å². The first-order chi connectivity index (χ1) is 12.8. The van der Waals surface area contributed by atoms with Crippen LogP contribution in [0.15, 0.2) is 27.8 Å². The van der Waals surface area contributed by atoms with E-state index >= 15 is 0 Å². The Morgan fingerprint density at radius 3 is 2.57 bits per heavy atom. The van der Waals surface area contributed by atoms with Gasteiger partial charge in [-0.2, -0.15) is 5.10 Å². The van der Waals surface area contributed by atoms with E-state index in [1.54, 1.807) is 6.26 Å². The predicted molar refractivity (Wildman–Crippen MR) is 126 cm³/mol. The summed E-state index contributed by atoms with van der Waals surface area (Å²) in [7, 11) is 6.07. The van der Waals surface area contributed by atoms with Crippen LogP contribution in [-0.2, 0) is 13.5 Å². The molecule has 0 aliphatic heterocycles. The van der Waals surface area contributed by atoms with Crippen LogP contribution in [0, 0.1) is 13.8 Å². The molecule has 2 N–H and O–H groups in total. The number of aliphatic imine (C=N–C) groups is 1. The van der Waals surface area contributed by atoms with Crippen LogP contribution < -0.4 is 10.6 Å². The quantitative estimate of drug-likeness (QED) is 0.330. The summed E-state index contributed by atoms with van der Waals surface area (Å²) in [5, 5.41) is 11.4. The molecule has 2 atom stereocenters. The van der Waals surface area contributed by atoms with Crippen molar-refractivity contribution in [2.45, 2.75) is 46.2 Å². The highest BCUT2D eigenvalue weighted by Gasteiger charge is 2.18. The van der Waals surface area contributed by atoms with Crippen molar-refractivity contribution in [1.82, 2.24) is 25.3 Å². The van der Waals surface area contributed by atoms with Gasteiger partial charge in [-0.3, -0.25) is 14.6 Å². The van der Waals surface area contributed by atoms with Gasteiger partial charge in [0.25, 0.3) is 0 Å². The van der Waals surface area contributed by atoms with Gasteiger partial charge in [0.05, 0.1) is 24.5 Å². The van der Waals surface area contributed by atoms with Crippen LogP contribution in [0.3, 0.4) is 0 Å². The number of aromatic nitrogens is 2. The lowest BCUT2D eigenvalue weighted by atomic mass is 10.1. The van der Waals surface area contributed by atoms with Crippen molar-refractivity contribution < 1.29 is 4.42 Å². The molecule has 2 aromatic rings. The lowest BCUT2D eigenvalue weighted by Crippen LogP contribution is -2.43. The van der Waals surface area contributed by atoms with Crippen molar-refractivity contribution >= 4 is 29.9 Å². The van der Waals surface area contributed by atoms with Crippen LogP contribution in [0.25, 0.3) is 0 Å². The van der Waals surface area contributed by atoms with Gasteiger partial charge in [-0.25, -0.2) is 0 Å². The summed E-state index contributed by atoms with van der Waals surface area (Å²) in [5.74, 6) is 1.75. The summed E-state index contributed by atoms with van der Waals surface area (Å²) in [4.78, 5) is 6.92. The molecule has 0 aliphatic carbocycles. The van der Waals surface area contributed by atoms with Gasteiger partial charge >= 0.3 is 0 Å². The highest BCUT2D eigenvalue weighted by atomic mass is 127. The van der Waals surface area contributed by atoms with Crippen molar-refractivity contribution in [3.63, 3.8) is 0 Å². The van der Waals surface area contributed by atoms with Crippen molar-refractivity contribution in [3.05, 3.63) is 41.1 Å². The second-order valence-corrected chi connectivity index (χ2v) is 7.24. The maximum absolute atomic E-state index is 5.58. The maximum atomic E-state index is 5.58. The minimum Gasteiger partial charge on any atom is -0.468 e. The lowest BCUT2D eigenvalue weighted by Gasteiger charge is -2.22. The molecule has 0 fully saturated rings. The molecule has 0 aromatic carbocycles. The van der Waals surface area contributed by atoms with E-state index < -0.39 is 0 Å². The Labute approximate surface area is 186 Å². The first kappa shape index (κ1) is 24.5. The van der Waals surface area contributed by atoms with E-state index in [0.717, 1.165) is 30.4 Å². The molecule has 8 heteroatoms. The molecule has 2 rings (SSSR count). The number of rotatable bonds is 8. The van der Waals surface area contributed by atoms with Gasteiger partial charge in [-0.1, -0.05) is 0 Å². The number of guanidine groups is 1. The first-order valence-corrected chi connectivity index (χ1v) is 9.57. The SMILES string of the molecule is CCNC(=NCC(c1ccco1)N(C)C)NC(C)Cc1c(C)nn(C)c1C.I. The Balaban J connectivity index is 0.00000392. The number of likely N-dealkylation sites (N-methyl/N-ethyl adjacent to an activating group) is 1. The van der Waals surface area contributed by atoms with Crippen molar-refractivity contribution in [1.29, 1.82) is 0 Å². The summed E-state index contributed by atoms with van der Waals surface area (Å²) in [5.41, 5.74) is 3.61. The van der Waals surface area contributed by atoms with Crippen LogP contribution in [-0.4, -0.2) is 53.9 Å². The Bertz CT molecular complexity index is 738. The normalized spacial score (nSPS) is 13.9. The van der Waals surface area contributed by atoms with E-state index in [4.69, 9.17) is 9.41 Å². The third kappa shape index (κ3) is 6.51. The van der Waals surface area contributed by atoms with Crippen LogP contribution in [0.1, 0.15) is 42.6 Å².